The molecule has 0 aliphatic heterocycles. The Bertz CT molecular complexity index is 478. The summed E-state index contributed by atoms with van der Waals surface area (Å²) < 4.78 is 6.23. The molecular weight excluding hydrogens is 226 g/mol. The van der Waals surface area contributed by atoms with Gasteiger partial charge in [-0.3, -0.25) is 0 Å². The average molecular weight is 237 g/mol. The molecule has 1 N–H and O–H groups in total. The van der Waals surface area contributed by atoms with Gasteiger partial charge in [0.1, 0.15) is 9.90 Å². The zero-order valence-electron chi connectivity index (χ0n) is 8.32. The third kappa shape index (κ3) is 2.33. The molecule has 1 aromatic heterocycles. The van der Waals surface area contributed by atoms with Gasteiger partial charge in [0, 0.05) is 17.5 Å². The van der Waals surface area contributed by atoms with Gasteiger partial charge in [0.15, 0.2) is 0 Å². The maximum atomic E-state index is 5.42. The van der Waals surface area contributed by atoms with Gasteiger partial charge in [-0.1, -0.05) is 30.4 Å². The Balaban J connectivity index is 2.18. The van der Waals surface area contributed by atoms with Crippen LogP contribution < -0.4 is 5.32 Å². The van der Waals surface area contributed by atoms with E-state index in [1.807, 2.05) is 24.5 Å². The highest BCUT2D eigenvalue weighted by molar-refractivity contribution is 8.22. The predicted octanol–water partition coefficient (Wildman–Crippen LogP) is 3.17. The highest BCUT2D eigenvalue weighted by atomic mass is 32.2. The summed E-state index contributed by atoms with van der Waals surface area (Å²) in [5, 5.41) is 4.31. The first kappa shape index (κ1) is 10.5. The minimum absolute atomic E-state index is 0.719. The SMILES string of the molecule is CSC(=S)NCc1coc2ccccc12. The molecule has 0 fully saturated rings. The summed E-state index contributed by atoms with van der Waals surface area (Å²) in [6, 6.07) is 7.99. The van der Waals surface area contributed by atoms with Gasteiger partial charge in [0.25, 0.3) is 0 Å². The molecule has 15 heavy (non-hydrogen) atoms. The van der Waals surface area contributed by atoms with Crippen LogP contribution in [0.15, 0.2) is 34.9 Å². The molecule has 0 aliphatic carbocycles. The first-order chi connectivity index (χ1) is 7.31. The molecule has 4 heteroatoms. The first-order valence-electron chi connectivity index (χ1n) is 4.58. The molecule has 0 radical (unpaired) electrons. The summed E-state index contributed by atoms with van der Waals surface area (Å²) in [4.78, 5) is 0. The van der Waals surface area contributed by atoms with Crippen molar-refractivity contribution >= 4 is 39.3 Å². The number of nitrogens with one attached hydrogen (secondary N) is 1. The predicted molar refractivity (Wildman–Crippen MR) is 69.2 cm³/mol. The van der Waals surface area contributed by atoms with Crippen molar-refractivity contribution in [1.29, 1.82) is 0 Å². The van der Waals surface area contributed by atoms with Crippen LogP contribution in [0.3, 0.4) is 0 Å². The molecule has 0 aliphatic rings. The summed E-state index contributed by atoms with van der Waals surface area (Å²) in [6.45, 7) is 0.719. The second kappa shape index (κ2) is 4.68. The van der Waals surface area contributed by atoms with E-state index in [-0.39, 0.29) is 0 Å². The number of thiocarbonyl (C=S) groups is 1. The zero-order valence-corrected chi connectivity index (χ0v) is 9.95. The summed E-state index contributed by atoms with van der Waals surface area (Å²) in [5.74, 6) is 0. The van der Waals surface area contributed by atoms with Crippen molar-refractivity contribution in [2.75, 3.05) is 6.26 Å². The number of fused-ring (bicyclic) bond motifs is 1. The van der Waals surface area contributed by atoms with Gasteiger partial charge in [-0.2, -0.15) is 0 Å². The summed E-state index contributed by atoms with van der Waals surface area (Å²) in [7, 11) is 0. The van der Waals surface area contributed by atoms with Gasteiger partial charge in [-0.25, -0.2) is 0 Å². The Morgan fingerprint density at radius 2 is 2.27 bits per heavy atom. The van der Waals surface area contributed by atoms with Gasteiger partial charge in [0.05, 0.1) is 6.26 Å². The Morgan fingerprint density at radius 3 is 3.07 bits per heavy atom. The highest BCUT2D eigenvalue weighted by Gasteiger charge is 2.04. The molecule has 2 nitrogen and oxygen atoms in total. The maximum Gasteiger partial charge on any atom is 0.134 e. The highest BCUT2D eigenvalue weighted by Crippen LogP contribution is 2.20. The fraction of sp³-hybridized carbons (Fsp3) is 0.182. The van der Waals surface area contributed by atoms with Gasteiger partial charge in [-0.15, -0.1) is 11.8 Å². The molecule has 2 aromatic rings. The van der Waals surface area contributed by atoms with Crippen molar-refractivity contribution in [2.45, 2.75) is 6.54 Å². The molecular formula is C11H11NOS2. The Kier molecular flexibility index (Phi) is 3.28. The lowest BCUT2D eigenvalue weighted by Crippen LogP contribution is -2.16. The minimum atomic E-state index is 0.719. The van der Waals surface area contributed by atoms with Crippen LogP contribution in [0.5, 0.6) is 0 Å². The Labute approximate surface area is 98.0 Å². The largest absolute Gasteiger partial charge is 0.464 e. The lowest BCUT2D eigenvalue weighted by molar-refractivity contribution is 0.609. The van der Waals surface area contributed by atoms with Gasteiger partial charge < -0.3 is 9.73 Å². The molecule has 0 spiro atoms. The summed E-state index contributed by atoms with van der Waals surface area (Å²) in [6.07, 6.45) is 3.74. The molecule has 0 unspecified atom stereocenters. The monoisotopic (exact) mass is 237 g/mol. The standard InChI is InChI=1S/C11H11NOS2/c1-15-11(14)12-6-8-7-13-10-5-3-2-4-9(8)10/h2-5,7H,6H2,1H3,(H,12,14). The third-order valence-corrected chi connectivity index (χ3v) is 3.33. The lowest BCUT2D eigenvalue weighted by atomic mass is 10.2. The second-order valence-electron chi connectivity index (χ2n) is 3.10. The topological polar surface area (TPSA) is 25.2 Å². The van der Waals surface area contributed by atoms with Gasteiger partial charge in [-0.05, 0) is 12.3 Å². The number of rotatable bonds is 2. The number of para-hydroxylation sites is 1. The van der Waals surface area contributed by atoms with E-state index >= 15 is 0 Å². The molecule has 0 saturated carbocycles. The normalized spacial score (nSPS) is 10.5. The van der Waals surface area contributed by atoms with Crippen molar-refractivity contribution in [2.24, 2.45) is 0 Å². The van der Waals surface area contributed by atoms with E-state index in [0.717, 1.165) is 27.4 Å². The zero-order chi connectivity index (χ0) is 10.7. The van der Waals surface area contributed by atoms with Crippen LogP contribution in [0.1, 0.15) is 5.56 Å². The summed E-state index contributed by atoms with van der Waals surface area (Å²) in [5.41, 5.74) is 2.06. The van der Waals surface area contributed by atoms with E-state index in [9.17, 15) is 0 Å². The third-order valence-electron chi connectivity index (χ3n) is 2.17. The van der Waals surface area contributed by atoms with Crippen LogP contribution in [0.25, 0.3) is 11.0 Å². The smallest absolute Gasteiger partial charge is 0.134 e. The molecule has 0 amide bonds. The number of furan rings is 1. The molecule has 0 bridgehead atoms. The maximum absolute atomic E-state index is 5.42. The van der Waals surface area contributed by atoms with Gasteiger partial charge >= 0.3 is 0 Å². The van der Waals surface area contributed by atoms with Crippen LogP contribution in [0, 0.1) is 0 Å². The van der Waals surface area contributed by atoms with E-state index in [1.165, 1.54) is 0 Å². The van der Waals surface area contributed by atoms with Crippen molar-refractivity contribution < 1.29 is 4.42 Å². The van der Waals surface area contributed by atoms with Crippen molar-refractivity contribution in [3.63, 3.8) is 0 Å². The fourth-order valence-electron chi connectivity index (χ4n) is 1.41. The van der Waals surface area contributed by atoms with Crippen LogP contribution in [-0.4, -0.2) is 10.6 Å². The molecule has 2 rings (SSSR count). The second-order valence-corrected chi connectivity index (χ2v) is 4.59. The molecule has 1 aromatic carbocycles. The minimum Gasteiger partial charge on any atom is -0.464 e. The quantitative estimate of drug-likeness (QED) is 0.811. The molecule has 78 valence electrons. The van der Waals surface area contributed by atoms with Crippen LogP contribution in [0.4, 0.5) is 0 Å². The van der Waals surface area contributed by atoms with Crippen LogP contribution >= 0.6 is 24.0 Å². The van der Waals surface area contributed by atoms with E-state index in [1.54, 1.807) is 18.0 Å². The van der Waals surface area contributed by atoms with E-state index < -0.39 is 0 Å². The molecule has 0 saturated heterocycles. The molecule has 0 atom stereocenters. The number of benzene rings is 1. The Morgan fingerprint density at radius 1 is 1.47 bits per heavy atom. The van der Waals surface area contributed by atoms with E-state index in [0.29, 0.717) is 0 Å². The first-order valence-corrected chi connectivity index (χ1v) is 6.21. The van der Waals surface area contributed by atoms with Crippen molar-refractivity contribution in [1.82, 2.24) is 5.32 Å². The van der Waals surface area contributed by atoms with Crippen LogP contribution in [-0.2, 0) is 6.54 Å². The van der Waals surface area contributed by atoms with Crippen molar-refractivity contribution in [3.8, 4) is 0 Å². The number of hydrogen-bond donors (Lipinski definition) is 1. The van der Waals surface area contributed by atoms with Crippen LogP contribution in [0.2, 0.25) is 0 Å². The number of hydrogen-bond acceptors (Lipinski definition) is 3. The van der Waals surface area contributed by atoms with Crippen molar-refractivity contribution in [3.05, 3.63) is 36.1 Å². The molecule has 1 heterocycles. The average Bonchev–Trinajstić information content (AvgIpc) is 2.69. The Hall–Kier alpha value is -1.00. The summed E-state index contributed by atoms with van der Waals surface area (Å²) >= 11 is 6.61. The number of thioether (sulfide) groups is 1. The van der Waals surface area contributed by atoms with E-state index in [4.69, 9.17) is 16.6 Å². The van der Waals surface area contributed by atoms with Gasteiger partial charge in [0.2, 0.25) is 0 Å². The fourth-order valence-corrected chi connectivity index (χ4v) is 1.70. The lowest BCUT2D eigenvalue weighted by Gasteiger charge is -2.02. The van der Waals surface area contributed by atoms with E-state index in [2.05, 4.69) is 11.4 Å².